The van der Waals surface area contributed by atoms with Gasteiger partial charge in [0.05, 0.1) is 11.5 Å². The molecule has 0 saturated heterocycles. The molecule has 2 heterocycles. The topological polar surface area (TPSA) is 29.1 Å². The van der Waals surface area contributed by atoms with Crippen LogP contribution in [-0.4, -0.2) is 12.3 Å². The molecule has 0 spiro atoms. The lowest BCUT2D eigenvalue weighted by Crippen LogP contribution is -2.15. The first-order valence-electron chi connectivity index (χ1n) is 6.24. The van der Waals surface area contributed by atoms with Crippen LogP contribution in [0.1, 0.15) is 33.6 Å². The fourth-order valence-electron chi connectivity index (χ4n) is 2.37. The summed E-state index contributed by atoms with van der Waals surface area (Å²) >= 11 is 3.39. The molecule has 0 saturated carbocycles. The molecule has 0 atom stereocenters. The molecule has 94 valence electrons. The van der Waals surface area contributed by atoms with Crippen LogP contribution in [0.5, 0.6) is 0 Å². The van der Waals surface area contributed by atoms with Gasteiger partial charge in [-0.3, -0.25) is 4.79 Å². The Kier molecular flexibility index (Phi) is 3.48. The van der Waals surface area contributed by atoms with Crippen molar-refractivity contribution < 1.29 is 4.79 Å². The highest BCUT2D eigenvalue weighted by molar-refractivity contribution is 7.14. The summed E-state index contributed by atoms with van der Waals surface area (Å²) in [5, 5.41) is 8.32. The fourth-order valence-corrected chi connectivity index (χ4v) is 4.14. The maximum Gasteiger partial charge on any atom is 0.183 e. The first-order chi connectivity index (χ1) is 8.84. The van der Waals surface area contributed by atoms with Crippen molar-refractivity contribution in [2.75, 3.05) is 11.9 Å². The number of ketones is 1. The van der Waals surface area contributed by atoms with Crippen LogP contribution in [0, 0.1) is 0 Å². The van der Waals surface area contributed by atoms with Crippen molar-refractivity contribution in [1.29, 1.82) is 0 Å². The number of carbonyl (C=O) groups excluding carboxylic acids is 1. The Morgan fingerprint density at radius 2 is 2.17 bits per heavy atom. The van der Waals surface area contributed by atoms with Crippen molar-refractivity contribution in [3.8, 4) is 0 Å². The third-order valence-corrected chi connectivity index (χ3v) is 5.22. The number of fused-ring (bicyclic) bond motifs is 1. The Bertz CT molecular complexity index is 542. The van der Waals surface area contributed by atoms with Gasteiger partial charge in [0.15, 0.2) is 5.78 Å². The van der Waals surface area contributed by atoms with Gasteiger partial charge in [-0.2, -0.15) is 0 Å². The average molecular weight is 277 g/mol. The quantitative estimate of drug-likeness (QED) is 0.856. The number of aryl methyl sites for hydroxylation is 1. The lowest BCUT2D eigenvalue weighted by molar-refractivity contribution is 0.101. The van der Waals surface area contributed by atoms with Gasteiger partial charge in [0.2, 0.25) is 0 Å². The number of rotatable bonds is 4. The highest BCUT2D eigenvalue weighted by atomic mass is 32.1. The van der Waals surface area contributed by atoms with Gasteiger partial charge in [-0.05, 0) is 48.8 Å². The van der Waals surface area contributed by atoms with Crippen LogP contribution >= 0.6 is 22.7 Å². The number of hydrogen-bond donors (Lipinski definition) is 1. The normalized spacial score (nSPS) is 14.2. The largest absolute Gasteiger partial charge is 0.369 e. The van der Waals surface area contributed by atoms with Crippen molar-refractivity contribution in [1.82, 2.24) is 0 Å². The van der Waals surface area contributed by atoms with Gasteiger partial charge < -0.3 is 5.32 Å². The Morgan fingerprint density at radius 3 is 3.00 bits per heavy atom. The van der Waals surface area contributed by atoms with E-state index in [-0.39, 0.29) is 5.78 Å². The standard InChI is InChI=1S/C14H15NOS2/c16-12(8-15-14-6-3-7-17-14)11-9-18-13-5-2-1-4-10(11)13/h3,6-7,9,15H,1-2,4-5,8H2. The highest BCUT2D eigenvalue weighted by Crippen LogP contribution is 2.30. The van der Waals surface area contributed by atoms with Crippen LogP contribution in [0.15, 0.2) is 22.9 Å². The van der Waals surface area contributed by atoms with Crippen LogP contribution in [0.3, 0.4) is 0 Å². The smallest absolute Gasteiger partial charge is 0.183 e. The number of anilines is 1. The second-order valence-electron chi connectivity index (χ2n) is 4.51. The van der Waals surface area contributed by atoms with Crippen molar-refractivity contribution in [2.45, 2.75) is 25.7 Å². The van der Waals surface area contributed by atoms with E-state index in [1.54, 1.807) is 22.7 Å². The zero-order valence-electron chi connectivity index (χ0n) is 10.1. The van der Waals surface area contributed by atoms with Crippen LogP contribution in [0.2, 0.25) is 0 Å². The van der Waals surface area contributed by atoms with Gasteiger partial charge in [-0.15, -0.1) is 22.7 Å². The summed E-state index contributed by atoms with van der Waals surface area (Å²) in [4.78, 5) is 13.7. The van der Waals surface area contributed by atoms with E-state index >= 15 is 0 Å². The molecule has 1 N–H and O–H groups in total. The number of nitrogens with one attached hydrogen (secondary N) is 1. The van der Waals surface area contributed by atoms with E-state index in [0.717, 1.165) is 23.4 Å². The average Bonchev–Trinajstić information content (AvgIpc) is 3.05. The third-order valence-electron chi connectivity index (χ3n) is 3.31. The molecule has 0 amide bonds. The van der Waals surface area contributed by atoms with Crippen LogP contribution in [0.25, 0.3) is 0 Å². The monoisotopic (exact) mass is 277 g/mol. The summed E-state index contributed by atoms with van der Waals surface area (Å²) in [6, 6.07) is 3.99. The molecular formula is C14H15NOS2. The minimum absolute atomic E-state index is 0.225. The molecule has 0 unspecified atom stereocenters. The van der Waals surface area contributed by atoms with Crippen LogP contribution in [-0.2, 0) is 12.8 Å². The summed E-state index contributed by atoms with van der Waals surface area (Å²) < 4.78 is 0. The van der Waals surface area contributed by atoms with E-state index in [9.17, 15) is 4.79 Å². The van der Waals surface area contributed by atoms with Gasteiger partial charge in [0.1, 0.15) is 0 Å². The van der Waals surface area contributed by atoms with E-state index in [1.807, 2.05) is 17.5 Å². The Labute approximate surface area is 115 Å². The molecule has 0 bridgehead atoms. The van der Waals surface area contributed by atoms with E-state index < -0.39 is 0 Å². The van der Waals surface area contributed by atoms with Crippen molar-refractivity contribution in [3.63, 3.8) is 0 Å². The van der Waals surface area contributed by atoms with E-state index in [1.165, 1.54) is 23.3 Å². The maximum atomic E-state index is 12.2. The van der Waals surface area contributed by atoms with Crippen molar-refractivity contribution >= 4 is 33.5 Å². The second-order valence-corrected chi connectivity index (χ2v) is 6.42. The summed E-state index contributed by atoms with van der Waals surface area (Å²) in [5.74, 6) is 0.225. The van der Waals surface area contributed by atoms with Gasteiger partial charge in [-0.25, -0.2) is 0 Å². The van der Waals surface area contributed by atoms with E-state index in [0.29, 0.717) is 6.54 Å². The number of carbonyl (C=O) groups is 1. The minimum atomic E-state index is 0.225. The van der Waals surface area contributed by atoms with Gasteiger partial charge in [0.25, 0.3) is 0 Å². The summed E-state index contributed by atoms with van der Waals surface area (Å²) in [6.45, 7) is 0.406. The van der Waals surface area contributed by atoms with Crippen molar-refractivity contribution in [3.05, 3.63) is 38.9 Å². The fraction of sp³-hybridized carbons (Fsp3) is 0.357. The SMILES string of the molecule is O=C(CNc1cccs1)c1csc2c1CCCC2. The highest BCUT2D eigenvalue weighted by Gasteiger charge is 2.19. The molecule has 0 fully saturated rings. The molecule has 2 aromatic heterocycles. The predicted molar refractivity (Wildman–Crippen MR) is 78.1 cm³/mol. The molecule has 4 heteroatoms. The van der Waals surface area contributed by atoms with E-state index in [2.05, 4.69) is 10.7 Å². The summed E-state index contributed by atoms with van der Waals surface area (Å²) in [6.07, 6.45) is 4.74. The molecule has 3 rings (SSSR count). The molecule has 1 aliphatic rings. The number of thiophene rings is 2. The molecule has 18 heavy (non-hydrogen) atoms. The zero-order chi connectivity index (χ0) is 12.4. The third kappa shape index (κ3) is 2.35. The molecular weight excluding hydrogens is 262 g/mol. The Morgan fingerprint density at radius 1 is 1.28 bits per heavy atom. The number of Topliss-reactive ketones (excluding diaryl/α,β-unsaturated/α-hetero) is 1. The zero-order valence-corrected chi connectivity index (χ0v) is 11.7. The molecule has 2 nitrogen and oxygen atoms in total. The molecule has 0 aromatic carbocycles. The first-order valence-corrected chi connectivity index (χ1v) is 8.00. The second kappa shape index (κ2) is 5.24. The maximum absolute atomic E-state index is 12.2. The minimum Gasteiger partial charge on any atom is -0.369 e. The van der Waals surface area contributed by atoms with Gasteiger partial charge in [0, 0.05) is 15.8 Å². The molecule has 2 aromatic rings. The van der Waals surface area contributed by atoms with Crippen molar-refractivity contribution in [2.24, 2.45) is 0 Å². The Balaban J connectivity index is 1.70. The van der Waals surface area contributed by atoms with Crippen LogP contribution in [0.4, 0.5) is 5.00 Å². The lowest BCUT2D eigenvalue weighted by atomic mass is 9.94. The van der Waals surface area contributed by atoms with Crippen LogP contribution < -0.4 is 5.32 Å². The lowest BCUT2D eigenvalue weighted by Gasteiger charge is -2.12. The predicted octanol–water partition coefficient (Wildman–Crippen LogP) is 3.98. The van der Waals surface area contributed by atoms with Gasteiger partial charge in [-0.1, -0.05) is 0 Å². The molecule has 1 aliphatic carbocycles. The number of hydrogen-bond acceptors (Lipinski definition) is 4. The summed E-state index contributed by atoms with van der Waals surface area (Å²) in [7, 11) is 0. The molecule has 0 radical (unpaired) electrons. The molecule has 0 aliphatic heterocycles. The first kappa shape index (κ1) is 11.9. The van der Waals surface area contributed by atoms with Gasteiger partial charge >= 0.3 is 0 Å². The van der Waals surface area contributed by atoms with E-state index in [4.69, 9.17) is 0 Å². The Hall–Kier alpha value is -1.13. The summed E-state index contributed by atoms with van der Waals surface area (Å²) in [5.41, 5.74) is 2.28.